The number of benzene rings is 1. The molecule has 1 saturated carbocycles. The molecule has 110 valence electrons. The van der Waals surface area contributed by atoms with Crippen molar-refractivity contribution < 1.29 is 5.11 Å². The summed E-state index contributed by atoms with van der Waals surface area (Å²) in [5.41, 5.74) is 6.22. The summed E-state index contributed by atoms with van der Waals surface area (Å²) in [6.07, 6.45) is 4.74. The standard InChI is InChI=1S/C16H19N3O2/c17-16(9-5-2-6-10-16)15-18-13(20)12(14(21)19-15)11-7-3-1-4-8-11/h1,3-4,7-8H,2,5-6,9-10,17H2,(H2,18,19,20,21). The van der Waals surface area contributed by atoms with Crippen molar-refractivity contribution in [1.82, 2.24) is 9.97 Å². The Morgan fingerprint density at radius 2 is 1.81 bits per heavy atom. The molecule has 0 amide bonds. The predicted octanol–water partition coefficient (Wildman–Crippen LogP) is 2.26. The Kier molecular flexibility index (Phi) is 3.51. The maximum atomic E-state index is 12.3. The number of hydrogen-bond donors (Lipinski definition) is 3. The molecular weight excluding hydrogens is 266 g/mol. The van der Waals surface area contributed by atoms with Crippen LogP contribution < -0.4 is 11.3 Å². The van der Waals surface area contributed by atoms with Crippen LogP contribution in [0.15, 0.2) is 35.1 Å². The molecule has 0 spiro atoms. The first-order valence-electron chi connectivity index (χ1n) is 7.28. The molecule has 0 aliphatic heterocycles. The monoisotopic (exact) mass is 285 g/mol. The SMILES string of the molecule is NC1(c2nc(O)c(-c3ccccc3)c(=O)[nH]2)CCCCC1. The number of hydrogen-bond acceptors (Lipinski definition) is 4. The molecule has 1 aromatic heterocycles. The van der Waals surface area contributed by atoms with E-state index in [2.05, 4.69) is 9.97 Å². The summed E-state index contributed by atoms with van der Waals surface area (Å²) >= 11 is 0. The van der Waals surface area contributed by atoms with Crippen LogP contribution in [0, 0.1) is 0 Å². The Hall–Kier alpha value is -2.14. The Labute approximate surface area is 122 Å². The molecule has 4 N–H and O–H groups in total. The van der Waals surface area contributed by atoms with Gasteiger partial charge in [0.15, 0.2) is 0 Å². The van der Waals surface area contributed by atoms with Crippen molar-refractivity contribution in [1.29, 1.82) is 0 Å². The number of nitrogens with two attached hydrogens (primary N) is 1. The third-order valence-electron chi connectivity index (χ3n) is 4.18. The van der Waals surface area contributed by atoms with Gasteiger partial charge in [-0.05, 0) is 18.4 Å². The van der Waals surface area contributed by atoms with Gasteiger partial charge in [0, 0.05) is 0 Å². The van der Waals surface area contributed by atoms with Crippen LogP contribution in [0.25, 0.3) is 11.1 Å². The third-order valence-corrected chi connectivity index (χ3v) is 4.18. The predicted molar refractivity (Wildman–Crippen MR) is 80.9 cm³/mol. The summed E-state index contributed by atoms with van der Waals surface area (Å²) < 4.78 is 0. The molecular formula is C16H19N3O2. The smallest absolute Gasteiger partial charge is 0.262 e. The molecule has 1 heterocycles. The largest absolute Gasteiger partial charge is 0.493 e. The second-order valence-corrected chi connectivity index (χ2v) is 5.70. The van der Waals surface area contributed by atoms with Gasteiger partial charge in [0.25, 0.3) is 5.56 Å². The zero-order valence-electron chi connectivity index (χ0n) is 11.8. The maximum absolute atomic E-state index is 12.3. The summed E-state index contributed by atoms with van der Waals surface area (Å²) in [6.45, 7) is 0. The molecule has 0 bridgehead atoms. The van der Waals surface area contributed by atoms with Crippen molar-refractivity contribution in [2.24, 2.45) is 5.73 Å². The topological polar surface area (TPSA) is 92.0 Å². The fraction of sp³-hybridized carbons (Fsp3) is 0.375. The fourth-order valence-corrected chi connectivity index (χ4v) is 2.98. The van der Waals surface area contributed by atoms with E-state index in [0.717, 1.165) is 32.1 Å². The Balaban J connectivity index is 2.06. The molecule has 3 rings (SSSR count). The van der Waals surface area contributed by atoms with Gasteiger partial charge in [-0.15, -0.1) is 0 Å². The molecule has 5 heteroatoms. The second kappa shape index (κ2) is 5.33. The van der Waals surface area contributed by atoms with Gasteiger partial charge in [0.2, 0.25) is 5.88 Å². The van der Waals surface area contributed by atoms with Gasteiger partial charge in [-0.2, -0.15) is 4.98 Å². The number of aromatic nitrogens is 2. The molecule has 1 aliphatic carbocycles. The highest BCUT2D eigenvalue weighted by molar-refractivity contribution is 5.67. The van der Waals surface area contributed by atoms with Gasteiger partial charge in [-0.3, -0.25) is 4.79 Å². The highest BCUT2D eigenvalue weighted by Crippen LogP contribution is 2.34. The molecule has 0 radical (unpaired) electrons. The fourth-order valence-electron chi connectivity index (χ4n) is 2.98. The average Bonchev–Trinajstić information content (AvgIpc) is 2.48. The number of aromatic amines is 1. The van der Waals surface area contributed by atoms with Crippen molar-refractivity contribution >= 4 is 0 Å². The van der Waals surface area contributed by atoms with Crippen LogP contribution in [0.5, 0.6) is 5.88 Å². The lowest BCUT2D eigenvalue weighted by Crippen LogP contribution is -2.41. The van der Waals surface area contributed by atoms with Crippen LogP contribution in [-0.2, 0) is 5.54 Å². The lowest BCUT2D eigenvalue weighted by Gasteiger charge is -2.32. The zero-order valence-corrected chi connectivity index (χ0v) is 11.8. The summed E-state index contributed by atoms with van der Waals surface area (Å²) in [5, 5.41) is 10.2. The molecule has 1 fully saturated rings. The van der Waals surface area contributed by atoms with E-state index in [4.69, 9.17) is 5.73 Å². The first-order valence-corrected chi connectivity index (χ1v) is 7.28. The second-order valence-electron chi connectivity index (χ2n) is 5.70. The van der Waals surface area contributed by atoms with Crippen molar-refractivity contribution in [3.05, 3.63) is 46.5 Å². The minimum Gasteiger partial charge on any atom is -0.493 e. The quantitative estimate of drug-likeness (QED) is 0.789. The van der Waals surface area contributed by atoms with E-state index in [1.807, 2.05) is 18.2 Å². The summed E-state index contributed by atoms with van der Waals surface area (Å²) in [4.78, 5) is 19.3. The lowest BCUT2D eigenvalue weighted by molar-refractivity contribution is 0.282. The van der Waals surface area contributed by atoms with Gasteiger partial charge in [-0.25, -0.2) is 0 Å². The van der Waals surface area contributed by atoms with Gasteiger partial charge in [-0.1, -0.05) is 49.6 Å². The van der Waals surface area contributed by atoms with Crippen LogP contribution in [0.4, 0.5) is 0 Å². The van der Waals surface area contributed by atoms with E-state index in [0.29, 0.717) is 11.4 Å². The Morgan fingerprint density at radius 3 is 2.43 bits per heavy atom. The molecule has 0 saturated heterocycles. The Morgan fingerprint density at radius 1 is 1.14 bits per heavy atom. The van der Waals surface area contributed by atoms with Gasteiger partial charge < -0.3 is 15.8 Å². The van der Waals surface area contributed by atoms with Gasteiger partial charge in [0.1, 0.15) is 11.4 Å². The minimum atomic E-state index is -0.635. The highest BCUT2D eigenvalue weighted by atomic mass is 16.3. The molecule has 1 aliphatic rings. The molecule has 0 atom stereocenters. The number of nitrogens with one attached hydrogen (secondary N) is 1. The molecule has 1 aromatic carbocycles. The van der Waals surface area contributed by atoms with Gasteiger partial charge in [0.05, 0.1) is 5.54 Å². The number of aromatic hydroxyl groups is 1. The molecule has 2 aromatic rings. The van der Waals surface area contributed by atoms with Crippen LogP contribution in [0.2, 0.25) is 0 Å². The van der Waals surface area contributed by atoms with Gasteiger partial charge >= 0.3 is 0 Å². The minimum absolute atomic E-state index is 0.193. The first kappa shape index (κ1) is 13.8. The average molecular weight is 285 g/mol. The lowest BCUT2D eigenvalue weighted by atomic mass is 9.82. The Bertz CT molecular complexity index is 688. The van der Waals surface area contributed by atoms with E-state index < -0.39 is 5.54 Å². The van der Waals surface area contributed by atoms with E-state index in [1.54, 1.807) is 12.1 Å². The van der Waals surface area contributed by atoms with Crippen LogP contribution in [-0.4, -0.2) is 15.1 Å². The number of H-pyrrole nitrogens is 1. The molecule has 5 nitrogen and oxygen atoms in total. The van der Waals surface area contributed by atoms with E-state index >= 15 is 0 Å². The van der Waals surface area contributed by atoms with Crippen molar-refractivity contribution in [2.45, 2.75) is 37.6 Å². The first-order chi connectivity index (χ1) is 10.1. The van der Waals surface area contributed by atoms with Crippen molar-refractivity contribution in [3.8, 4) is 17.0 Å². The summed E-state index contributed by atoms with van der Waals surface area (Å²) in [5.74, 6) is 0.139. The highest BCUT2D eigenvalue weighted by Gasteiger charge is 2.33. The maximum Gasteiger partial charge on any atom is 0.262 e. The summed E-state index contributed by atoms with van der Waals surface area (Å²) in [6, 6.07) is 9.02. The van der Waals surface area contributed by atoms with Crippen LogP contribution in [0.1, 0.15) is 37.9 Å². The van der Waals surface area contributed by atoms with Crippen LogP contribution in [0.3, 0.4) is 0 Å². The zero-order chi connectivity index (χ0) is 14.9. The molecule has 0 unspecified atom stereocenters. The van der Waals surface area contributed by atoms with Crippen LogP contribution >= 0.6 is 0 Å². The normalized spacial score (nSPS) is 17.6. The van der Waals surface area contributed by atoms with Crippen molar-refractivity contribution in [3.63, 3.8) is 0 Å². The third kappa shape index (κ3) is 2.56. The van der Waals surface area contributed by atoms with E-state index in [-0.39, 0.29) is 17.0 Å². The number of nitrogens with zero attached hydrogens (tertiary/aromatic N) is 1. The van der Waals surface area contributed by atoms with Crippen molar-refractivity contribution in [2.75, 3.05) is 0 Å². The summed E-state index contributed by atoms with van der Waals surface area (Å²) in [7, 11) is 0. The number of rotatable bonds is 2. The molecule has 21 heavy (non-hydrogen) atoms. The van der Waals surface area contributed by atoms with E-state index in [9.17, 15) is 9.90 Å². The van der Waals surface area contributed by atoms with E-state index in [1.165, 1.54) is 0 Å².